The van der Waals surface area contributed by atoms with E-state index in [-0.39, 0.29) is 18.0 Å². The number of benzene rings is 1. The highest BCUT2D eigenvalue weighted by Gasteiger charge is 2.48. The predicted molar refractivity (Wildman–Crippen MR) is 88.0 cm³/mol. The number of hydrogen-bond donors (Lipinski definition) is 1. The lowest BCUT2D eigenvalue weighted by Gasteiger charge is -2.37. The van der Waals surface area contributed by atoms with Crippen LogP contribution in [0.2, 0.25) is 0 Å². The molecule has 1 aliphatic heterocycles. The van der Waals surface area contributed by atoms with Crippen LogP contribution in [0, 0.1) is 5.92 Å². The molecule has 0 saturated carbocycles. The van der Waals surface area contributed by atoms with Gasteiger partial charge in [-0.05, 0) is 30.2 Å². The Morgan fingerprint density at radius 1 is 1.29 bits per heavy atom. The van der Waals surface area contributed by atoms with Crippen molar-refractivity contribution in [3.8, 4) is 5.75 Å². The Hall–Kier alpha value is -2.34. The van der Waals surface area contributed by atoms with Crippen molar-refractivity contribution >= 4 is 11.9 Å². The number of esters is 1. The molecule has 0 radical (unpaired) electrons. The second kappa shape index (κ2) is 7.05. The molecule has 2 unspecified atom stereocenters. The average molecular weight is 333 g/mol. The Balaban J connectivity index is 2.34. The highest BCUT2D eigenvalue weighted by molar-refractivity contribution is 6.18. The van der Waals surface area contributed by atoms with Crippen LogP contribution in [-0.2, 0) is 20.9 Å². The monoisotopic (exact) mass is 333 g/mol. The Kier molecular flexibility index (Phi) is 5.29. The number of carbonyl (C=O) groups excluding carboxylic acids is 2. The molecule has 1 aromatic carbocycles. The molecule has 1 aliphatic rings. The third kappa shape index (κ3) is 3.14. The summed E-state index contributed by atoms with van der Waals surface area (Å²) in [6, 6.07) is 7.21. The van der Waals surface area contributed by atoms with E-state index in [4.69, 9.17) is 4.74 Å². The van der Waals surface area contributed by atoms with Crippen molar-refractivity contribution in [3.63, 3.8) is 0 Å². The highest BCUT2D eigenvalue weighted by Crippen LogP contribution is 2.36. The molecular weight excluding hydrogens is 310 g/mol. The van der Waals surface area contributed by atoms with Crippen molar-refractivity contribution < 1.29 is 24.2 Å². The molecule has 1 heterocycles. The molecular formula is C18H23NO5. The van der Waals surface area contributed by atoms with Crippen molar-refractivity contribution in [2.75, 3.05) is 14.2 Å². The fourth-order valence-corrected chi connectivity index (χ4v) is 2.74. The zero-order chi connectivity index (χ0) is 17.9. The number of carbonyl (C=O) groups is 2. The standard InChI is InChI=1S/C18H23NO5/c1-5-12(2)18(22)10-15(17(21)24-4)16(20)19(18)11-13-6-8-14(23-3)9-7-13/h6-10,12,22H,5,11H2,1-4H3. The Morgan fingerprint density at radius 3 is 2.42 bits per heavy atom. The van der Waals surface area contributed by atoms with Gasteiger partial charge in [0, 0.05) is 12.5 Å². The molecule has 130 valence electrons. The minimum absolute atomic E-state index is 0.131. The van der Waals surface area contributed by atoms with Gasteiger partial charge < -0.3 is 19.5 Å². The van der Waals surface area contributed by atoms with E-state index in [9.17, 15) is 14.7 Å². The topological polar surface area (TPSA) is 76.1 Å². The molecule has 0 fully saturated rings. The molecule has 6 nitrogen and oxygen atoms in total. The van der Waals surface area contributed by atoms with E-state index >= 15 is 0 Å². The van der Waals surface area contributed by atoms with E-state index in [0.717, 1.165) is 5.56 Å². The molecule has 0 aliphatic carbocycles. The van der Waals surface area contributed by atoms with Crippen LogP contribution in [0.5, 0.6) is 5.75 Å². The summed E-state index contributed by atoms with van der Waals surface area (Å²) in [5, 5.41) is 11.1. The van der Waals surface area contributed by atoms with Crippen molar-refractivity contribution in [1.29, 1.82) is 0 Å². The van der Waals surface area contributed by atoms with Gasteiger partial charge in [-0.2, -0.15) is 0 Å². The van der Waals surface area contributed by atoms with Crippen molar-refractivity contribution in [2.24, 2.45) is 5.92 Å². The summed E-state index contributed by atoms with van der Waals surface area (Å²) in [6.45, 7) is 3.94. The highest BCUT2D eigenvalue weighted by atomic mass is 16.5. The largest absolute Gasteiger partial charge is 0.497 e. The van der Waals surface area contributed by atoms with Gasteiger partial charge in [-0.25, -0.2) is 4.79 Å². The first-order valence-corrected chi connectivity index (χ1v) is 7.85. The van der Waals surface area contributed by atoms with Gasteiger partial charge in [0.05, 0.1) is 14.2 Å². The van der Waals surface area contributed by atoms with Gasteiger partial charge in [-0.3, -0.25) is 4.79 Å². The lowest BCUT2D eigenvalue weighted by molar-refractivity contribution is -0.152. The van der Waals surface area contributed by atoms with E-state index in [0.29, 0.717) is 12.2 Å². The maximum atomic E-state index is 12.6. The zero-order valence-corrected chi connectivity index (χ0v) is 14.4. The van der Waals surface area contributed by atoms with Gasteiger partial charge in [0.25, 0.3) is 5.91 Å². The second-order valence-corrected chi connectivity index (χ2v) is 5.88. The first-order chi connectivity index (χ1) is 11.4. The normalized spacial score (nSPS) is 21.5. The summed E-state index contributed by atoms with van der Waals surface area (Å²) in [5.41, 5.74) is -0.825. The summed E-state index contributed by atoms with van der Waals surface area (Å²) in [5.74, 6) is -0.793. The molecule has 1 N–H and O–H groups in total. The lowest BCUT2D eigenvalue weighted by atomic mass is 9.94. The van der Waals surface area contributed by atoms with Crippen LogP contribution < -0.4 is 4.74 Å². The number of nitrogens with zero attached hydrogens (tertiary/aromatic N) is 1. The molecule has 24 heavy (non-hydrogen) atoms. The number of rotatable bonds is 6. The fourth-order valence-electron chi connectivity index (χ4n) is 2.74. The lowest BCUT2D eigenvalue weighted by Crippen LogP contribution is -2.50. The van der Waals surface area contributed by atoms with Gasteiger partial charge in [-0.15, -0.1) is 0 Å². The first kappa shape index (κ1) is 18.0. The molecule has 0 bridgehead atoms. The second-order valence-electron chi connectivity index (χ2n) is 5.88. The van der Waals surface area contributed by atoms with Crippen molar-refractivity contribution in [2.45, 2.75) is 32.5 Å². The number of hydrogen-bond acceptors (Lipinski definition) is 5. The van der Waals surface area contributed by atoms with Gasteiger partial charge in [-0.1, -0.05) is 26.0 Å². The van der Waals surface area contributed by atoms with E-state index < -0.39 is 17.6 Å². The third-order valence-corrected chi connectivity index (χ3v) is 4.51. The number of ether oxygens (including phenoxy) is 2. The van der Waals surface area contributed by atoms with Crippen LogP contribution in [-0.4, -0.2) is 41.8 Å². The SMILES string of the molecule is CCC(C)C1(O)C=C(C(=O)OC)C(=O)N1Cc1ccc(OC)cc1. The van der Waals surface area contributed by atoms with Crippen LogP contribution in [0.1, 0.15) is 25.8 Å². The Labute approximate surface area is 141 Å². The summed E-state index contributed by atoms with van der Waals surface area (Å²) in [7, 11) is 2.79. The van der Waals surface area contributed by atoms with Gasteiger partial charge in [0.1, 0.15) is 11.3 Å². The molecule has 0 saturated heterocycles. The summed E-state index contributed by atoms with van der Waals surface area (Å²) in [6.07, 6.45) is 1.96. The molecule has 6 heteroatoms. The molecule has 1 amide bonds. The van der Waals surface area contributed by atoms with Gasteiger partial charge in [0.15, 0.2) is 5.72 Å². The maximum Gasteiger partial charge on any atom is 0.343 e. The molecule has 1 aromatic rings. The van der Waals surface area contributed by atoms with Crippen LogP contribution >= 0.6 is 0 Å². The number of amides is 1. The molecule has 2 atom stereocenters. The van der Waals surface area contributed by atoms with E-state index in [2.05, 4.69) is 4.74 Å². The van der Waals surface area contributed by atoms with Crippen LogP contribution in [0.3, 0.4) is 0 Å². The minimum atomic E-state index is -1.52. The molecule has 2 rings (SSSR count). The summed E-state index contributed by atoms with van der Waals surface area (Å²) in [4.78, 5) is 25.8. The van der Waals surface area contributed by atoms with Crippen molar-refractivity contribution in [1.82, 2.24) is 4.90 Å². The van der Waals surface area contributed by atoms with Crippen LogP contribution in [0.4, 0.5) is 0 Å². The third-order valence-electron chi connectivity index (χ3n) is 4.51. The maximum absolute atomic E-state index is 12.6. The quantitative estimate of drug-likeness (QED) is 0.635. The number of methoxy groups -OCH3 is 2. The average Bonchev–Trinajstić information content (AvgIpc) is 2.87. The fraction of sp³-hybridized carbons (Fsp3) is 0.444. The summed E-state index contributed by atoms with van der Waals surface area (Å²) >= 11 is 0. The smallest absolute Gasteiger partial charge is 0.343 e. The Morgan fingerprint density at radius 2 is 1.92 bits per heavy atom. The van der Waals surface area contributed by atoms with Crippen LogP contribution in [0.25, 0.3) is 0 Å². The predicted octanol–water partition coefficient (Wildman–Crippen LogP) is 1.87. The van der Waals surface area contributed by atoms with E-state index in [1.54, 1.807) is 19.2 Å². The zero-order valence-electron chi connectivity index (χ0n) is 14.4. The Bertz CT molecular complexity index is 652. The molecule has 0 aromatic heterocycles. The van der Waals surface area contributed by atoms with Crippen LogP contribution in [0.15, 0.2) is 35.9 Å². The van der Waals surface area contributed by atoms with E-state index in [1.165, 1.54) is 18.1 Å². The molecule has 0 spiro atoms. The van der Waals surface area contributed by atoms with Crippen molar-refractivity contribution in [3.05, 3.63) is 41.5 Å². The van der Waals surface area contributed by atoms with Gasteiger partial charge >= 0.3 is 5.97 Å². The minimum Gasteiger partial charge on any atom is -0.497 e. The first-order valence-electron chi connectivity index (χ1n) is 7.85. The van der Waals surface area contributed by atoms with Gasteiger partial charge in [0.2, 0.25) is 0 Å². The summed E-state index contributed by atoms with van der Waals surface area (Å²) < 4.78 is 9.78. The van der Waals surface area contributed by atoms with E-state index in [1.807, 2.05) is 26.0 Å². The number of aliphatic hydroxyl groups is 1.